The van der Waals surface area contributed by atoms with E-state index in [1.807, 2.05) is 0 Å². The molecule has 1 aliphatic heterocycles. The van der Waals surface area contributed by atoms with E-state index in [2.05, 4.69) is 0 Å². The van der Waals surface area contributed by atoms with E-state index in [0.29, 0.717) is 29.4 Å². The first kappa shape index (κ1) is 14.4. The molecule has 5 nitrogen and oxygen atoms in total. The molecule has 3 atom stereocenters. The van der Waals surface area contributed by atoms with Gasteiger partial charge in [-0.05, 0) is 49.1 Å². The minimum atomic E-state index is -0.390. The van der Waals surface area contributed by atoms with Crippen molar-refractivity contribution < 1.29 is 19.1 Å². The van der Waals surface area contributed by atoms with Crippen LogP contribution >= 0.6 is 0 Å². The van der Waals surface area contributed by atoms with Gasteiger partial charge in [0.15, 0.2) is 6.73 Å². The highest BCUT2D eigenvalue weighted by Crippen LogP contribution is 2.49. The van der Waals surface area contributed by atoms with E-state index in [1.165, 1.54) is 19.3 Å². The number of esters is 1. The highest BCUT2D eigenvalue weighted by molar-refractivity contribution is 6.21. The molecule has 0 saturated heterocycles. The van der Waals surface area contributed by atoms with Gasteiger partial charge in [-0.15, -0.1) is 0 Å². The van der Waals surface area contributed by atoms with E-state index in [1.54, 1.807) is 24.3 Å². The molecule has 3 aliphatic rings. The molecule has 1 aromatic rings. The summed E-state index contributed by atoms with van der Waals surface area (Å²) in [6, 6.07) is 6.67. The predicted octanol–water partition coefficient (Wildman–Crippen LogP) is 2.61. The van der Waals surface area contributed by atoms with Crippen molar-refractivity contribution in [1.29, 1.82) is 0 Å². The van der Waals surface area contributed by atoms with Gasteiger partial charge >= 0.3 is 5.97 Å². The molecular weight excluding hydrogens is 294 g/mol. The van der Waals surface area contributed by atoms with Gasteiger partial charge in [-0.2, -0.15) is 0 Å². The molecule has 0 aromatic heterocycles. The summed E-state index contributed by atoms with van der Waals surface area (Å²) in [6.45, 7) is -0.286. The lowest BCUT2D eigenvalue weighted by Crippen LogP contribution is -2.33. The fourth-order valence-electron chi connectivity index (χ4n) is 4.39. The first-order chi connectivity index (χ1) is 11.1. The number of amides is 2. The Morgan fingerprint density at radius 3 is 2.35 bits per heavy atom. The van der Waals surface area contributed by atoms with E-state index >= 15 is 0 Å². The van der Waals surface area contributed by atoms with E-state index in [4.69, 9.17) is 4.74 Å². The third kappa shape index (κ3) is 2.44. The number of carbonyl (C=O) groups is 3. The Morgan fingerprint density at radius 1 is 1.09 bits per heavy atom. The Kier molecular flexibility index (Phi) is 3.43. The van der Waals surface area contributed by atoms with Gasteiger partial charge in [-0.1, -0.05) is 18.6 Å². The van der Waals surface area contributed by atoms with Gasteiger partial charge in [0, 0.05) is 6.42 Å². The lowest BCUT2D eigenvalue weighted by atomic mass is 9.86. The van der Waals surface area contributed by atoms with Crippen LogP contribution in [0.25, 0.3) is 0 Å². The quantitative estimate of drug-likeness (QED) is 0.633. The molecule has 1 heterocycles. The zero-order valence-electron chi connectivity index (χ0n) is 12.9. The van der Waals surface area contributed by atoms with Crippen molar-refractivity contribution in [3.63, 3.8) is 0 Å². The fourth-order valence-corrected chi connectivity index (χ4v) is 4.39. The monoisotopic (exact) mass is 313 g/mol. The smallest absolute Gasteiger partial charge is 0.307 e. The molecule has 2 saturated carbocycles. The molecule has 2 fully saturated rings. The molecule has 2 amide bonds. The number of benzene rings is 1. The number of rotatable bonds is 4. The summed E-state index contributed by atoms with van der Waals surface area (Å²) in [6.07, 6.45) is 5.29. The Balaban J connectivity index is 1.34. The van der Waals surface area contributed by atoms with Gasteiger partial charge in [0.2, 0.25) is 0 Å². The van der Waals surface area contributed by atoms with Crippen molar-refractivity contribution in [2.24, 2.45) is 17.8 Å². The summed E-state index contributed by atoms with van der Waals surface area (Å²) in [7, 11) is 0. The second-order valence-electron chi connectivity index (χ2n) is 6.87. The summed E-state index contributed by atoms with van der Waals surface area (Å²) in [5.74, 6) is 0.778. The van der Waals surface area contributed by atoms with Crippen molar-refractivity contribution >= 4 is 17.8 Å². The molecule has 4 rings (SSSR count). The van der Waals surface area contributed by atoms with E-state index in [0.717, 1.165) is 17.2 Å². The summed E-state index contributed by atoms with van der Waals surface area (Å²) < 4.78 is 5.21. The average Bonchev–Trinajstić information content (AvgIpc) is 3.22. The van der Waals surface area contributed by atoms with E-state index in [-0.39, 0.29) is 12.7 Å². The molecule has 2 aliphatic carbocycles. The molecule has 0 spiro atoms. The third-order valence-corrected chi connectivity index (χ3v) is 5.55. The highest BCUT2D eigenvalue weighted by Gasteiger charge is 2.41. The zero-order chi connectivity index (χ0) is 16.0. The average molecular weight is 313 g/mol. The van der Waals surface area contributed by atoms with Crippen LogP contribution < -0.4 is 0 Å². The topological polar surface area (TPSA) is 63.7 Å². The number of imide groups is 1. The molecule has 23 heavy (non-hydrogen) atoms. The van der Waals surface area contributed by atoms with Gasteiger partial charge in [-0.3, -0.25) is 14.4 Å². The van der Waals surface area contributed by atoms with Crippen LogP contribution in [-0.4, -0.2) is 29.4 Å². The normalized spacial score (nSPS) is 28.3. The molecule has 2 bridgehead atoms. The van der Waals surface area contributed by atoms with Crippen LogP contribution in [0.3, 0.4) is 0 Å². The molecule has 1 aromatic carbocycles. The standard InChI is InChI=1S/C18H19NO4/c20-16(9-13-8-11-5-6-12(13)7-11)23-10-19-17(21)14-3-1-2-4-15(14)18(19)22/h1-4,11-13H,5-10H2/t11-,12-,13-/m0/s1. The zero-order valence-corrected chi connectivity index (χ0v) is 12.9. The van der Waals surface area contributed by atoms with E-state index < -0.39 is 11.8 Å². The van der Waals surface area contributed by atoms with Gasteiger partial charge in [0.05, 0.1) is 11.1 Å². The number of nitrogens with zero attached hydrogens (tertiary/aromatic N) is 1. The maximum absolute atomic E-state index is 12.2. The summed E-state index contributed by atoms with van der Waals surface area (Å²) in [5, 5.41) is 0. The van der Waals surface area contributed by atoms with Crippen LogP contribution in [0.2, 0.25) is 0 Å². The lowest BCUT2D eigenvalue weighted by molar-refractivity contribution is -0.147. The van der Waals surface area contributed by atoms with E-state index in [9.17, 15) is 14.4 Å². The minimum Gasteiger partial charge on any atom is -0.444 e. The molecule has 120 valence electrons. The largest absolute Gasteiger partial charge is 0.444 e. The number of hydrogen-bond acceptors (Lipinski definition) is 4. The molecule has 0 N–H and O–H groups in total. The molecule has 0 radical (unpaired) electrons. The van der Waals surface area contributed by atoms with Crippen molar-refractivity contribution in [3.8, 4) is 0 Å². The number of fused-ring (bicyclic) bond motifs is 3. The molecular formula is C18H19NO4. The highest BCUT2D eigenvalue weighted by atomic mass is 16.5. The van der Waals surface area contributed by atoms with Gasteiger partial charge in [-0.25, -0.2) is 4.90 Å². The minimum absolute atomic E-state index is 0.286. The van der Waals surface area contributed by atoms with Crippen LogP contribution in [0, 0.1) is 17.8 Å². The van der Waals surface area contributed by atoms with Gasteiger partial charge < -0.3 is 4.74 Å². The van der Waals surface area contributed by atoms with Crippen LogP contribution in [0.5, 0.6) is 0 Å². The van der Waals surface area contributed by atoms with Crippen LogP contribution in [0.15, 0.2) is 24.3 Å². The Labute approximate surface area is 134 Å². The summed E-state index contributed by atoms with van der Waals surface area (Å²) in [4.78, 5) is 37.4. The lowest BCUT2D eigenvalue weighted by Gasteiger charge is -2.21. The number of ether oxygens (including phenoxy) is 1. The fraction of sp³-hybridized carbons (Fsp3) is 0.500. The molecule has 5 heteroatoms. The van der Waals surface area contributed by atoms with Crippen LogP contribution in [0.1, 0.15) is 52.8 Å². The third-order valence-electron chi connectivity index (χ3n) is 5.55. The Bertz CT molecular complexity index is 648. The van der Waals surface area contributed by atoms with Crippen molar-refractivity contribution in [2.45, 2.75) is 32.1 Å². The predicted molar refractivity (Wildman–Crippen MR) is 81.5 cm³/mol. The van der Waals surface area contributed by atoms with Gasteiger partial charge in [0.25, 0.3) is 11.8 Å². The second kappa shape index (κ2) is 5.48. The molecule has 0 unspecified atom stereocenters. The first-order valence-electron chi connectivity index (χ1n) is 8.24. The summed E-state index contributed by atoms with van der Waals surface area (Å²) >= 11 is 0. The second-order valence-corrected chi connectivity index (χ2v) is 6.87. The van der Waals surface area contributed by atoms with Crippen molar-refractivity contribution in [2.75, 3.05) is 6.73 Å². The Hall–Kier alpha value is -2.17. The van der Waals surface area contributed by atoms with Crippen molar-refractivity contribution in [3.05, 3.63) is 35.4 Å². The summed E-state index contributed by atoms with van der Waals surface area (Å²) in [5.41, 5.74) is 0.753. The number of hydrogen-bond donors (Lipinski definition) is 0. The van der Waals surface area contributed by atoms with Crippen LogP contribution in [-0.2, 0) is 9.53 Å². The van der Waals surface area contributed by atoms with Crippen LogP contribution in [0.4, 0.5) is 0 Å². The first-order valence-corrected chi connectivity index (χ1v) is 8.24. The maximum atomic E-state index is 12.2. The van der Waals surface area contributed by atoms with Gasteiger partial charge in [0.1, 0.15) is 0 Å². The maximum Gasteiger partial charge on any atom is 0.307 e. The van der Waals surface area contributed by atoms with Crippen molar-refractivity contribution in [1.82, 2.24) is 4.90 Å². The Morgan fingerprint density at radius 2 is 1.78 bits per heavy atom. The SMILES string of the molecule is O=C(C[C@@H]1C[C@H]2CC[C@H]1C2)OCN1C(=O)c2ccccc2C1=O. The number of carbonyl (C=O) groups excluding carboxylic acids is 3.